The number of benzene rings is 1. The summed E-state index contributed by atoms with van der Waals surface area (Å²) in [7, 11) is 0. The quantitative estimate of drug-likeness (QED) is 0.580. The van der Waals surface area contributed by atoms with Crippen LogP contribution in [0.3, 0.4) is 0 Å². The molecule has 128 valence electrons. The monoisotopic (exact) mass is 320 g/mol. The standard InChI is InChI=1S/C18H28N2O3/c1-3-5-6-12-19-18(23)16(20-17(22)7-4-2)13-14-8-10-15(21)11-9-14/h8-11,16,21H,3-7,12-13H2,1-2H3,(H,19,23)(H,20,22). The minimum Gasteiger partial charge on any atom is -0.508 e. The number of rotatable bonds is 10. The molecule has 1 unspecified atom stereocenters. The van der Waals surface area contributed by atoms with E-state index in [1.165, 1.54) is 0 Å². The van der Waals surface area contributed by atoms with E-state index >= 15 is 0 Å². The number of hydrogen-bond acceptors (Lipinski definition) is 3. The van der Waals surface area contributed by atoms with Crippen LogP contribution in [-0.2, 0) is 16.0 Å². The SMILES string of the molecule is CCCCCNC(=O)C(Cc1ccc(O)cc1)NC(=O)CCC. The Morgan fingerprint density at radius 1 is 1.09 bits per heavy atom. The summed E-state index contributed by atoms with van der Waals surface area (Å²) < 4.78 is 0. The Morgan fingerprint density at radius 3 is 2.39 bits per heavy atom. The van der Waals surface area contributed by atoms with Crippen LogP contribution in [0.5, 0.6) is 5.75 Å². The van der Waals surface area contributed by atoms with Crippen molar-refractivity contribution >= 4 is 11.8 Å². The van der Waals surface area contributed by atoms with Gasteiger partial charge in [0.2, 0.25) is 11.8 Å². The Hall–Kier alpha value is -2.04. The van der Waals surface area contributed by atoms with Gasteiger partial charge in [0, 0.05) is 19.4 Å². The normalized spacial score (nSPS) is 11.7. The van der Waals surface area contributed by atoms with Gasteiger partial charge in [0.05, 0.1) is 0 Å². The number of carbonyl (C=O) groups is 2. The largest absolute Gasteiger partial charge is 0.508 e. The van der Waals surface area contributed by atoms with Crippen LogP contribution in [0.4, 0.5) is 0 Å². The van der Waals surface area contributed by atoms with Crippen LogP contribution >= 0.6 is 0 Å². The van der Waals surface area contributed by atoms with E-state index in [4.69, 9.17) is 0 Å². The van der Waals surface area contributed by atoms with Crippen LogP contribution in [0.2, 0.25) is 0 Å². The van der Waals surface area contributed by atoms with E-state index in [1.807, 2.05) is 6.92 Å². The molecular formula is C18H28N2O3. The predicted molar refractivity (Wildman–Crippen MR) is 91.2 cm³/mol. The van der Waals surface area contributed by atoms with Crippen LogP contribution in [-0.4, -0.2) is 29.5 Å². The smallest absolute Gasteiger partial charge is 0.242 e. The second-order valence-electron chi connectivity index (χ2n) is 5.74. The van der Waals surface area contributed by atoms with Gasteiger partial charge in [-0.3, -0.25) is 9.59 Å². The highest BCUT2D eigenvalue weighted by atomic mass is 16.3. The van der Waals surface area contributed by atoms with Gasteiger partial charge >= 0.3 is 0 Å². The Bertz CT molecular complexity index is 486. The Balaban J connectivity index is 2.65. The highest BCUT2D eigenvalue weighted by molar-refractivity contribution is 5.87. The number of phenols is 1. The second kappa shape index (κ2) is 10.6. The molecule has 1 atom stereocenters. The zero-order valence-electron chi connectivity index (χ0n) is 14.1. The first kappa shape index (κ1) is 19.0. The number of phenolic OH excluding ortho intramolecular Hbond substituents is 1. The summed E-state index contributed by atoms with van der Waals surface area (Å²) in [5, 5.41) is 15.0. The lowest BCUT2D eigenvalue weighted by Crippen LogP contribution is -2.48. The van der Waals surface area contributed by atoms with Gasteiger partial charge in [-0.2, -0.15) is 0 Å². The first-order valence-electron chi connectivity index (χ1n) is 8.41. The molecule has 5 nitrogen and oxygen atoms in total. The molecule has 1 rings (SSSR count). The maximum absolute atomic E-state index is 12.3. The van der Waals surface area contributed by atoms with Crippen molar-refractivity contribution in [2.24, 2.45) is 0 Å². The van der Waals surface area contributed by atoms with Crippen molar-refractivity contribution in [3.8, 4) is 5.75 Å². The van der Waals surface area contributed by atoms with Crippen molar-refractivity contribution in [2.75, 3.05) is 6.54 Å². The molecule has 0 aliphatic carbocycles. The lowest BCUT2D eigenvalue weighted by Gasteiger charge is -2.18. The van der Waals surface area contributed by atoms with Gasteiger partial charge in [0.1, 0.15) is 11.8 Å². The van der Waals surface area contributed by atoms with E-state index in [0.717, 1.165) is 31.2 Å². The third kappa shape index (κ3) is 7.68. The molecule has 5 heteroatoms. The molecule has 0 heterocycles. The second-order valence-corrected chi connectivity index (χ2v) is 5.74. The summed E-state index contributed by atoms with van der Waals surface area (Å²) in [4.78, 5) is 24.2. The zero-order chi connectivity index (χ0) is 17.1. The molecule has 2 amide bonds. The zero-order valence-corrected chi connectivity index (χ0v) is 14.1. The van der Waals surface area contributed by atoms with E-state index in [2.05, 4.69) is 17.6 Å². The van der Waals surface area contributed by atoms with Crippen molar-refractivity contribution in [3.63, 3.8) is 0 Å². The summed E-state index contributed by atoms with van der Waals surface area (Å²) in [6, 6.07) is 6.11. The molecule has 0 aromatic heterocycles. The summed E-state index contributed by atoms with van der Waals surface area (Å²) in [6.07, 6.45) is 4.68. The minimum atomic E-state index is -0.583. The predicted octanol–water partition coefficient (Wildman–Crippen LogP) is 2.53. The number of nitrogens with one attached hydrogen (secondary N) is 2. The maximum Gasteiger partial charge on any atom is 0.242 e. The molecule has 1 aromatic carbocycles. The van der Waals surface area contributed by atoms with Crippen LogP contribution in [0.25, 0.3) is 0 Å². The lowest BCUT2D eigenvalue weighted by atomic mass is 10.0. The summed E-state index contributed by atoms with van der Waals surface area (Å²) in [5.74, 6) is -0.0806. The van der Waals surface area contributed by atoms with Gasteiger partial charge in [-0.05, 0) is 30.5 Å². The van der Waals surface area contributed by atoms with E-state index in [0.29, 0.717) is 19.4 Å². The molecule has 23 heavy (non-hydrogen) atoms. The number of aromatic hydroxyl groups is 1. The fourth-order valence-electron chi connectivity index (χ4n) is 2.28. The highest BCUT2D eigenvalue weighted by Gasteiger charge is 2.20. The molecule has 0 aliphatic heterocycles. The Labute approximate surface area is 138 Å². The molecule has 0 radical (unpaired) electrons. The molecule has 0 fully saturated rings. The number of carbonyl (C=O) groups excluding carboxylic acids is 2. The average Bonchev–Trinajstić information content (AvgIpc) is 2.53. The first-order chi connectivity index (χ1) is 11.1. The van der Waals surface area contributed by atoms with E-state index in [1.54, 1.807) is 24.3 Å². The van der Waals surface area contributed by atoms with Crippen molar-refractivity contribution in [1.82, 2.24) is 10.6 Å². The van der Waals surface area contributed by atoms with Crippen molar-refractivity contribution in [3.05, 3.63) is 29.8 Å². The fourth-order valence-corrected chi connectivity index (χ4v) is 2.28. The number of unbranched alkanes of at least 4 members (excludes halogenated alkanes) is 2. The number of amides is 2. The van der Waals surface area contributed by atoms with Crippen LogP contribution < -0.4 is 10.6 Å². The third-order valence-corrected chi connectivity index (χ3v) is 3.58. The summed E-state index contributed by atoms with van der Waals surface area (Å²) >= 11 is 0. The molecule has 0 spiro atoms. The first-order valence-corrected chi connectivity index (χ1v) is 8.41. The third-order valence-electron chi connectivity index (χ3n) is 3.58. The van der Waals surface area contributed by atoms with Gasteiger partial charge in [0.25, 0.3) is 0 Å². The van der Waals surface area contributed by atoms with Gasteiger partial charge in [-0.15, -0.1) is 0 Å². The molecule has 0 saturated heterocycles. The van der Waals surface area contributed by atoms with E-state index in [9.17, 15) is 14.7 Å². The summed E-state index contributed by atoms with van der Waals surface area (Å²) in [5.41, 5.74) is 0.897. The van der Waals surface area contributed by atoms with Crippen LogP contribution in [0.1, 0.15) is 51.5 Å². The highest BCUT2D eigenvalue weighted by Crippen LogP contribution is 2.11. The van der Waals surface area contributed by atoms with Crippen molar-refractivity contribution < 1.29 is 14.7 Å². The molecule has 0 saturated carbocycles. The lowest BCUT2D eigenvalue weighted by molar-refractivity contribution is -0.129. The number of hydrogen-bond donors (Lipinski definition) is 3. The molecular weight excluding hydrogens is 292 g/mol. The topological polar surface area (TPSA) is 78.4 Å². The maximum atomic E-state index is 12.3. The Kier molecular flexibility index (Phi) is 8.80. The molecule has 0 bridgehead atoms. The summed E-state index contributed by atoms with van der Waals surface area (Å²) in [6.45, 7) is 4.67. The molecule has 3 N–H and O–H groups in total. The van der Waals surface area contributed by atoms with Gasteiger partial charge < -0.3 is 15.7 Å². The van der Waals surface area contributed by atoms with E-state index in [-0.39, 0.29) is 17.6 Å². The minimum absolute atomic E-state index is 0.111. The van der Waals surface area contributed by atoms with E-state index < -0.39 is 6.04 Å². The van der Waals surface area contributed by atoms with Crippen LogP contribution in [0.15, 0.2) is 24.3 Å². The average molecular weight is 320 g/mol. The van der Waals surface area contributed by atoms with Gasteiger partial charge in [-0.25, -0.2) is 0 Å². The van der Waals surface area contributed by atoms with Crippen molar-refractivity contribution in [1.29, 1.82) is 0 Å². The molecule has 1 aromatic rings. The van der Waals surface area contributed by atoms with Crippen molar-refractivity contribution in [2.45, 2.75) is 58.4 Å². The van der Waals surface area contributed by atoms with Gasteiger partial charge in [-0.1, -0.05) is 38.8 Å². The van der Waals surface area contributed by atoms with Gasteiger partial charge in [0.15, 0.2) is 0 Å². The Morgan fingerprint density at radius 2 is 1.78 bits per heavy atom. The van der Waals surface area contributed by atoms with Crippen LogP contribution in [0, 0.1) is 0 Å². The fraction of sp³-hybridized carbons (Fsp3) is 0.556. The molecule has 0 aliphatic rings.